The van der Waals surface area contributed by atoms with E-state index in [1.165, 1.54) is 18.2 Å². The van der Waals surface area contributed by atoms with Crippen LogP contribution in [0.4, 0.5) is 35.1 Å². The molecule has 4 nitrogen and oxygen atoms in total. The quantitative estimate of drug-likeness (QED) is 0.133. The summed E-state index contributed by atoms with van der Waals surface area (Å²) in [6.45, 7) is 2.72. The Morgan fingerprint density at radius 3 is 1.87 bits per heavy atom. The van der Waals surface area contributed by atoms with E-state index in [0.717, 1.165) is 31.0 Å². The Hall–Kier alpha value is -4.73. The Labute approximate surface area is 264 Å². The van der Waals surface area contributed by atoms with E-state index in [0.29, 0.717) is 49.1 Å². The van der Waals surface area contributed by atoms with Crippen molar-refractivity contribution in [1.29, 1.82) is 5.26 Å². The number of allylic oxidation sites excluding steroid dienone is 2. The zero-order valence-corrected chi connectivity index (χ0v) is 24.6. The molecule has 244 valence electrons. The van der Waals surface area contributed by atoms with E-state index < -0.39 is 69.7 Å². The number of rotatable bonds is 9. The van der Waals surface area contributed by atoms with Crippen LogP contribution in [-0.2, 0) is 15.6 Å². The number of hydrogen-bond donors (Lipinski definition) is 0. The molecule has 1 aliphatic heterocycles. The van der Waals surface area contributed by atoms with Gasteiger partial charge in [0.2, 0.25) is 0 Å². The summed E-state index contributed by atoms with van der Waals surface area (Å²) in [4.78, 5) is 0. The molecule has 4 aromatic rings. The highest BCUT2D eigenvalue weighted by molar-refractivity contribution is 5.67. The van der Waals surface area contributed by atoms with Gasteiger partial charge in [0.15, 0.2) is 6.29 Å². The van der Waals surface area contributed by atoms with E-state index in [1.54, 1.807) is 0 Å². The fraction of sp³-hybridized carbons (Fsp3) is 0.229. The van der Waals surface area contributed by atoms with Crippen molar-refractivity contribution in [3.05, 3.63) is 124 Å². The van der Waals surface area contributed by atoms with Gasteiger partial charge in [-0.15, -0.1) is 0 Å². The van der Waals surface area contributed by atoms with Crippen molar-refractivity contribution in [1.82, 2.24) is 0 Å². The predicted octanol–water partition coefficient (Wildman–Crippen LogP) is 9.87. The molecule has 0 atom stereocenters. The van der Waals surface area contributed by atoms with Crippen molar-refractivity contribution < 1.29 is 49.3 Å². The molecular weight excluding hydrogens is 634 g/mol. The van der Waals surface area contributed by atoms with Crippen molar-refractivity contribution in [2.75, 3.05) is 13.2 Å². The molecule has 1 aliphatic rings. The minimum Gasteiger partial charge on any atom is -0.429 e. The second kappa shape index (κ2) is 13.9. The minimum absolute atomic E-state index is 0.169. The third-order valence-electron chi connectivity index (χ3n) is 7.50. The van der Waals surface area contributed by atoms with Gasteiger partial charge in [0, 0.05) is 28.7 Å². The molecule has 0 bridgehead atoms. The van der Waals surface area contributed by atoms with Crippen molar-refractivity contribution in [2.45, 2.75) is 32.2 Å². The van der Waals surface area contributed by atoms with Crippen LogP contribution >= 0.6 is 0 Å². The highest BCUT2D eigenvalue weighted by Gasteiger charge is 2.41. The average molecular weight is 660 g/mol. The number of hydrogen-bond acceptors (Lipinski definition) is 4. The molecule has 4 aromatic carbocycles. The molecule has 1 fully saturated rings. The minimum atomic E-state index is -4.67. The molecule has 47 heavy (non-hydrogen) atoms. The van der Waals surface area contributed by atoms with E-state index in [-0.39, 0.29) is 22.6 Å². The molecule has 1 saturated heterocycles. The summed E-state index contributed by atoms with van der Waals surface area (Å²) in [6, 6.07) is 9.50. The first-order valence-electron chi connectivity index (χ1n) is 14.3. The molecule has 0 radical (unpaired) electrons. The van der Waals surface area contributed by atoms with Crippen molar-refractivity contribution in [3.63, 3.8) is 0 Å². The zero-order valence-electron chi connectivity index (χ0n) is 24.6. The number of nitrogens with zero attached hydrogens (tertiary/aromatic N) is 1. The lowest BCUT2D eigenvalue weighted by Gasteiger charge is -2.29. The summed E-state index contributed by atoms with van der Waals surface area (Å²) in [6.07, 6.45) is 0.176. The van der Waals surface area contributed by atoms with Gasteiger partial charge in [-0.05, 0) is 73.4 Å². The largest absolute Gasteiger partial charge is 0.432 e. The lowest BCUT2D eigenvalue weighted by Crippen LogP contribution is -2.27. The van der Waals surface area contributed by atoms with Gasteiger partial charge >= 0.3 is 6.11 Å². The lowest BCUT2D eigenvalue weighted by molar-refractivity contribution is -0.205. The van der Waals surface area contributed by atoms with Crippen LogP contribution < -0.4 is 4.74 Å². The predicted molar refractivity (Wildman–Crippen MR) is 155 cm³/mol. The Balaban J connectivity index is 1.32. The average Bonchev–Trinajstić information content (AvgIpc) is 3.00. The second-order valence-electron chi connectivity index (χ2n) is 10.8. The van der Waals surface area contributed by atoms with Gasteiger partial charge in [0.1, 0.15) is 57.8 Å². The van der Waals surface area contributed by atoms with Crippen LogP contribution in [-0.4, -0.2) is 13.2 Å². The van der Waals surface area contributed by atoms with Crippen LogP contribution in [0.25, 0.3) is 22.3 Å². The maximum Gasteiger partial charge on any atom is 0.432 e. The SMILES string of the molecule is C/C=C/CCC1COC(c2ccc(-c3cc(F)c(C(F)(F)Oc4ccc(-c5cc(F)c(C#N)c(F)c5)c(F)c4)c(F)c3)c(F)c2)OC1. The molecule has 1 heterocycles. The highest BCUT2D eigenvalue weighted by Crippen LogP contribution is 2.39. The Bertz CT molecular complexity index is 1820. The van der Waals surface area contributed by atoms with Gasteiger partial charge in [-0.25, -0.2) is 26.3 Å². The molecule has 0 spiro atoms. The molecule has 5 rings (SSSR count). The van der Waals surface area contributed by atoms with E-state index in [4.69, 9.17) is 14.7 Å². The van der Waals surface area contributed by atoms with E-state index in [2.05, 4.69) is 4.74 Å². The van der Waals surface area contributed by atoms with Gasteiger partial charge in [0.05, 0.1) is 13.2 Å². The Morgan fingerprint density at radius 2 is 1.34 bits per heavy atom. The Morgan fingerprint density at radius 1 is 0.787 bits per heavy atom. The van der Waals surface area contributed by atoms with Crippen molar-refractivity contribution in [3.8, 4) is 34.1 Å². The molecule has 0 amide bonds. The van der Waals surface area contributed by atoms with E-state index in [1.807, 2.05) is 19.1 Å². The van der Waals surface area contributed by atoms with E-state index >= 15 is 22.0 Å². The van der Waals surface area contributed by atoms with Gasteiger partial charge in [0.25, 0.3) is 0 Å². The zero-order chi connectivity index (χ0) is 33.9. The van der Waals surface area contributed by atoms with Crippen LogP contribution in [0.5, 0.6) is 5.75 Å². The van der Waals surface area contributed by atoms with E-state index in [9.17, 15) is 13.2 Å². The summed E-state index contributed by atoms with van der Waals surface area (Å²) in [5, 5.41) is 8.79. The molecule has 12 heteroatoms. The Kier molecular flexibility index (Phi) is 9.98. The maximum atomic E-state index is 15.1. The molecular formula is C35H25F8NO3. The van der Waals surface area contributed by atoms with Gasteiger partial charge in [-0.1, -0.05) is 24.3 Å². The summed E-state index contributed by atoms with van der Waals surface area (Å²) >= 11 is 0. The lowest BCUT2D eigenvalue weighted by atomic mass is 9.99. The van der Waals surface area contributed by atoms with Crippen LogP contribution in [0.15, 0.2) is 72.8 Å². The topological polar surface area (TPSA) is 51.5 Å². The van der Waals surface area contributed by atoms with Crippen LogP contribution in [0.1, 0.15) is 42.7 Å². The molecule has 0 aromatic heterocycles. The maximum absolute atomic E-state index is 15.1. The number of nitriles is 1. The first kappa shape index (κ1) is 33.6. The van der Waals surface area contributed by atoms with Crippen LogP contribution in [0.2, 0.25) is 0 Å². The first-order chi connectivity index (χ1) is 22.4. The molecule has 0 N–H and O–H groups in total. The summed E-state index contributed by atoms with van der Waals surface area (Å²) in [5.74, 6) is -8.93. The van der Waals surface area contributed by atoms with Crippen LogP contribution in [0, 0.1) is 52.2 Å². The van der Waals surface area contributed by atoms with Gasteiger partial charge in [-0.2, -0.15) is 14.0 Å². The summed E-state index contributed by atoms with van der Waals surface area (Å²) in [5.41, 5.74) is -3.81. The molecule has 0 saturated carbocycles. The number of alkyl halides is 2. The fourth-order valence-corrected chi connectivity index (χ4v) is 5.15. The standard InChI is InChI=1S/C35H25F8NO3/c1-2-3-4-5-19-17-45-34(46-18-19)20-6-8-24(27(36)10-20)22-13-31(40)33(32(41)14-22)35(42,43)47-23-7-9-25(30(39)15-23)21-11-28(37)26(16-44)29(38)12-21/h2-3,6-15,19,34H,4-5,17-18H2,1H3/b3-2+. The number of ether oxygens (including phenoxy) is 3. The fourth-order valence-electron chi connectivity index (χ4n) is 5.15. The van der Waals surface area contributed by atoms with Gasteiger partial charge in [-0.3, -0.25) is 0 Å². The van der Waals surface area contributed by atoms with Crippen molar-refractivity contribution in [2.24, 2.45) is 5.92 Å². The van der Waals surface area contributed by atoms with Crippen LogP contribution in [0.3, 0.4) is 0 Å². The smallest absolute Gasteiger partial charge is 0.429 e. The second-order valence-corrected chi connectivity index (χ2v) is 10.8. The highest BCUT2D eigenvalue weighted by atomic mass is 19.3. The number of benzene rings is 4. The third-order valence-corrected chi connectivity index (χ3v) is 7.50. The normalized spacial score (nSPS) is 16.8. The molecule has 0 aliphatic carbocycles. The third kappa shape index (κ3) is 7.32. The monoisotopic (exact) mass is 659 g/mol. The molecule has 0 unspecified atom stereocenters. The first-order valence-corrected chi connectivity index (χ1v) is 14.3. The van der Waals surface area contributed by atoms with Gasteiger partial charge < -0.3 is 14.2 Å². The van der Waals surface area contributed by atoms with Crippen molar-refractivity contribution >= 4 is 0 Å². The summed E-state index contributed by atoms with van der Waals surface area (Å²) in [7, 11) is 0. The summed E-state index contributed by atoms with van der Waals surface area (Å²) < 4.78 is 134. The number of halogens is 8.